The Labute approximate surface area is 143 Å². The number of carbonyl (C=O) groups is 2. The van der Waals surface area contributed by atoms with Crippen molar-refractivity contribution in [3.8, 4) is 0 Å². The molecule has 1 aromatic carbocycles. The predicted molar refractivity (Wildman–Crippen MR) is 92.4 cm³/mol. The molecule has 3 amide bonds. The second kappa shape index (κ2) is 9.37. The number of hydrogen-bond acceptors (Lipinski definition) is 3. The van der Waals surface area contributed by atoms with E-state index in [-0.39, 0.29) is 42.8 Å². The Bertz CT molecular complexity index is 512. The van der Waals surface area contributed by atoms with Gasteiger partial charge in [0.25, 0.3) is 0 Å². The van der Waals surface area contributed by atoms with Crippen molar-refractivity contribution in [1.82, 2.24) is 15.5 Å². The van der Waals surface area contributed by atoms with E-state index in [2.05, 4.69) is 10.6 Å². The summed E-state index contributed by atoms with van der Waals surface area (Å²) in [6.45, 7) is 3.72. The van der Waals surface area contributed by atoms with Crippen LogP contribution in [0.15, 0.2) is 30.3 Å². The molecule has 1 fully saturated rings. The van der Waals surface area contributed by atoms with Crippen LogP contribution in [0.1, 0.15) is 31.4 Å². The number of nitrogens with zero attached hydrogens (tertiary/aromatic N) is 1. The van der Waals surface area contributed by atoms with Crippen molar-refractivity contribution < 1.29 is 9.59 Å². The van der Waals surface area contributed by atoms with Crippen molar-refractivity contribution >= 4 is 24.3 Å². The molecule has 0 spiro atoms. The minimum Gasteiger partial charge on any atom is -0.351 e. The van der Waals surface area contributed by atoms with E-state index in [1.165, 1.54) is 0 Å². The van der Waals surface area contributed by atoms with E-state index >= 15 is 0 Å². The number of halogens is 1. The third kappa shape index (κ3) is 5.73. The number of nitrogens with one attached hydrogen (secondary N) is 2. The minimum atomic E-state index is -0.304. The van der Waals surface area contributed by atoms with Gasteiger partial charge in [-0.1, -0.05) is 30.3 Å². The van der Waals surface area contributed by atoms with Gasteiger partial charge >= 0.3 is 6.03 Å². The zero-order chi connectivity index (χ0) is 15.9. The number of hydrogen-bond donors (Lipinski definition) is 3. The molecule has 2 atom stereocenters. The average Bonchev–Trinajstić information content (AvgIpc) is 2.96. The lowest BCUT2D eigenvalue weighted by molar-refractivity contribution is -0.122. The third-order valence-electron chi connectivity index (χ3n) is 3.80. The van der Waals surface area contributed by atoms with E-state index in [4.69, 9.17) is 5.73 Å². The molecule has 6 nitrogen and oxygen atoms in total. The number of urea groups is 1. The van der Waals surface area contributed by atoms with Gasteiger partial charge in [-0.05, 0) is 18.9 Å². The first-order valence-electron chi connectivity index (χ1n) is 7.72. The predicted octanol–water partition coefficient (Wildman–Crippen LogP) is 1.42. The Morgan fingerprint density at radius 2 is 2.04 bits per heavy atom. The molecule has 2 rings (SSSR count). The van der Waals surface area contributed by atoms with Gasteiger partial charge in [0.1, 0.15) is 0 Å². The van der Waals surface area contributed by atoms with Gasteiger partial charge in [0.15, 0.2) is 0 Å². The van der Waals surface area contributed by atoms with E-state index in [1.54, 1.807) is 4.90 Å². The number of carbonyl (C=O) groups excluding carboxylic acids is 2. The molecule has 4 N–H and O–H groups in total. The van der Waals surface area contributed by atoms with Gasteiger partial charge in [-0.25, -0.2) is 4.79 Å². The highest BCUT2D eigenvalue weighted by atomic mass is 35.5. The molecule has 23 heavy (non-hydrogen) atoms. The number of amides is 3. The van der Waals surface area contributed by atoms with Crippen LogP contribution in [0.2, 0.25) is 0 Å². The highest BCUT2D eigenvalue weighted by Crippen LogP contribution is 2.14. The lowest BCUT2D eigenvalue weighted by atomic mass is 10.0. The lowest BCUT2D eigenvalue weighted by Gasteiger charge is -2.18. The van der Waals surface area contributed by atoms with Gasteiger partial charge in [-0.3, -0.25) is 4.79 Å². The maximum absolute atomic E-state index is 12.1. The maximum Gasteiger partial charge on any atom is 0.317 e. The summed E-state index contributed by atoms with van der Waals surface area (Å²) in [5.41, 5.74) is 7.00. The zero-order valence-corrected chi connectivity index (χ0v) is 14.1. The van der Waals surface area contributed by atoms with Crippen LogP contribution >= 0.6 is 12.4 Å². The zero-order valence-electron chi connectivity index (χ0n) is 13.3. The van der Waals surface area contributed by atoms with Crippen LogP contribution < -0.4 is 16.4 Å². The smallest absolute Gasteiger partial charge is 0.317 e. The number of likely N-dealkylation sites (tertiary alicyclic amines) is 1. The van der Waals surface area contributed by atoms with Gasteiger partial charge in [0.05, 0.1) is 0 Å². The van der Waals surface area contributed by atoms with E-state index in [0.717, 1.165) is 12.0 Å². The van der Waals surface area contributed by atoms with Crippen LogP contribution in [0, 0.1) is 0 Å². The van der Waals surface area contributed by atoms with Gasteiger partial charge in [-0.2, -0.15) is 0 Å². The van der Waals surface area contributed by atoms with Crippen molar-refractivity contribution in [2.75, 3.05) is 19.6 Å². The first-order valence-corrected chi connectivity index (χ1v) is 7.72. The molecular formula is C16H25ClN4O2. The number of nitrogens with two attached hydrogens (primary N) is 1. The molecule has 7 heteroatoms. The van der Waals surface area contributed by atoms with Crippen LogP contribution in [0.3, 0.4) is 0 Å². The topological polar surface area (TPSA) is 87.5 Å². The molecule has 1 heterocycles. The van der Waals surface area contributed by atoms with Crippen LogP contribution in [-0.2, 0) is 4.79 Å². The molecule has 0 aromatic heterocycles. The summed E-state index contributed by atoms with van der Waals surface area (Å²) in [4.78, 5) is 25.5. The lowest BCUT2D eigenvalue weighted by Crippen LogP contribution is -2.42. The molecule has 1 saturated heterocycles. The summed E-state index contributed by atoms with van der Waals surface area (Å²) in [6, 6.07) is 9.22. The quantitative estimate of drug-likeness (QED) is 0.757. The van der Waals surface area contributed by atoms with Crippen molar-refractivity contribution in [1.29, 1.82) is 0 Å². The molecule has 0 saturated carbocycles. The van der Waals surface area contributed by atoms with Crippen molar-refractivity contribution in [2.24, 2.45) is 5.73 Å². The average molecular weight is 341 g/mol. The molecule has 2 unspecified atom stereocenters. The highest BCUT2D eigenvalue weighted by Gasteiger charge is 2.27. The van der Waals surface area contributed by atoms with Gasteiger partial charge in [0, 0.05) is 38.1 Å². The molecule has 1 aromatic rings. The fraction of sp³-hybridized carbons (Fsp3) is 0.500. The number of benzene rings is 1. The Balaban J connectivity index is 0.00000264. The van der Waals surface area contributed by atoms with Crippen LogP contribution in [0.25, 0.3) is 0 Å². The summed E-state index contributed by atoms with van der Waals surface area (Å²) in [7, 11) is 0. The van der Waals surface area contributed by atoms with Crippen LogP contribution in [0.4, 0.5) is 4.79 Å². The monoisotopic (exact) mass is 340 g/mol. The molecule has 1 aliphatic heterocycles. The largest absolute Gasteiger partial charge is 0.351 e. The second-order valence-corrected chi connectivity index (χ2v) is 5.56. The minimum absolute atomic E-state index is 0. The fourth-order valence-electron chi connectivity index (χ4n) is 2.63. The molecule has 128 valence electrons. The molecular weight excluding hydrogens is 316 g/mol. The van der Waals surface area contributed by atoms with E-state index in [0.29, 0.717) is 19.6 Å². The maximum atomic E-state index is 12.1. The first kappa shape index (κ1) is 19.3. The standard InChI is InChI=1S/C16H24N4O2.ClH/c1-2-18-16(22)20-9-8-13(11-20)19-15(21)10-14(17)12-6-4-3-5-7-12;/h3-7,13-14H,2,8-11,17H2,1H3,(H,18,22)(H,19,21);1H. The normalized spacial score (nSPS) is 18.0. The third-order valence-corrected chi connectivity index (χ3v) is 3.80. The van der Waals surface area contributed by atoms with Crippen molar-refractivity contribution in [3.05, 3.63) is 35.9 Å². The Morgan fingerprint density at radius 1 is 1.35 bits per heavy atom. The van der Waals surface area contributed by atoms with Crippen molar-refractivity contribution in [3.63, 3.8) is 0 Å². The van der Waals surface area contributed by atoms with Gasteiger partial charge in [-0.15, -0.1) is 12.4 Å². The Hall–Kier alpha value is -1.79. The van der Waals surface area contributed by atoms with Gasteiger partial charge < -0.3 is 21.3 Å². The van der Waals surface area contributed by atoms with E-state index in [9.17, 15) is 9.59 Å². The molecule has 0 aliphatic carbocycles. The first-order chi connectivity index (χ1) is 10.6. The van der Waals surface area contributed by atoms with Crippen LogP contribution in [-0.4, -0.2) is 42.5 Å². The van der Waals surface area contributed by atoms with Crippen molar-refractivity contribution in [2.45, 2.75) is 31.8 Å². The summed E-state index contributed by atoms with van der Waals surface area (Å²) in [5.74, 6) is -0.0703. The molecule has 0 radical (unpaired) electrons. The van der Waals surface area contributed by atoms with E-state index in [1.807, 2.05) is 37.3 Å². The highest BCUT2D eigenvalue weighted by molar-refractivity contribution is 5.85. The molecule has 1 aliphatic rings. The van der Waals surface area contributed by atoms with Crippen LogP contribution in [0.5, 0.6) is 0 Å². The summed E-state index contributed by atoms with van der Waals surface area (Å²) < 4.78 is 0. The molecule has 0 bridgehead atoms. The number of rotatable bonds is 5. The van der Waals surface area contributed by atoms with Gasteiger partial charge in [0.2, 0.25) is 5.91 Å². The van der Waals surface area contributed by atoms with E-state index < -0.39 is 0 Å². The Kier molecular flexibility index (Phi) is 7.85. The summed E-state index contributed by atoms with van der Waals surface area (Å²) >= 11 is 0. The summed E-state index contributed by atoms with van der Waals surface area (Å²) in [5, 5.41) is 5.74. The second-order valence-electron chi connectivity index (χ2n) is 5.56. The summed E-state index contributed by atoms with van der Waals surface area (Å²) in [6.07, 6.45) is 1.03. The fourth-order valence-corrected chi connectivity index (χ4v) is 2.63. The Morgan fingerprint density at radius 3 is 2.70 bits per heavy atom. The SMILES string of the molecule is CCNC(=O)N1CCC(NC(=O)CC(N)c2ccccc2)C1.Cl.